The Labute approximate surface area is 123 Å². The van der Waals surface area contributed by atoms with E-state index >= 15 is 0 Å². The number of amides is 1. The molecule has 2 N–H and O–H groups in total. The van der Waals surface area contributed by atoms with Crippen LogP contribution in [-0.2, 0) is 0 Å². The maximum absolute atomic E-state index is 12.3. The van der Waals surface area contributed by atoms with Gasteiger partial charge in [0.15, 0.2) is 0 Å². The normalized spacial score (nSPS) is 9.90. The molecule has 1 amide bonds. The number of aryl methyl sites for hydroxylation is 3. The number of benzene rings is 1. The third-order valence-corrected chi connectivity index (χ3v) is 2.99. The van der Waals surface area contributed by atoms with Crippen molar-refractivity contribution in [2.75, 3.05) is 11.9 Å². The highest BCUT2D eigenvalue weighted by Crippen LogP contribution is 2.20. The van der Waals surface area contributed by atoms with E-state index in [1.54, 1.807) is 19.9 Å². The largest absolute Gasteiger partial charge is 0.384 e. The number of anilines is 1. The molecule has 0 fully saturated rings. The number of nitrogens with one attached hydrogen (secondary N) is 1. The molecular weight excluding hydrogens is 268 g/mol. The van der Waals surface area contributed by atoms with Gasteiger partial charge in [0.2, 0.25) is 0 Å². The first-order valence-corrected chi connectivity index (χ1v) is 6.47. The molecule has 1 aromatic carbocycles. The van der Waals surface area contributed by atoms with Crippen molar-refractivity contribution in [2.24, 2.45) is 0 Å². The van der Waals surface area contributed by atoms with E-state index in [4.69, 9.17) is 9.63 Å². The van der Waals surface area contributed by atoms with Crippen molar-refractivity contribution in [3.05, 3.63) is 46.3 Å². The highest BCUT2D eigenvalue weighted by molar-refractivity contribution is 6.06. The predicted molar refractivity (Wildman–Crippen MR) is 79.1 cm³/mol. The van der Waals surface area contributed by atoms with E-state index in [1.807, 2.05) is 19.1 Å². The first kappa shape index (κ1) is 14.8. The highest BCUT2D eigenvalue weighted by atomic mass is 16.5. The SMILES string of the molecule is Cc1ccc(C#CCO)c(NC(=O)c2c(C)noc2C)c1. The van der Waals surface area contributed by atoms with Gasteiger partial charge in [-0.3, -0.25) is 4.79 Å². The van der Waals surface area contributed by atoms with Gasteiger partial charge in [-0.15, -0.1) is 0 Å². The Morgan fingerprint density at radius 3 is 2.76 bits per heavy atom. The molecule has 5 heteroatoms. The van der Waals surface area contributed by atoms with Crippen LogP contribution in [-0.4, -0.2) is 22.8 Å². The molecular formula is C16H16N2O3. The summed E-state index contributed by atoms with van der Waals surface area (Å²) in [5.41, 5.74) is 3.22. The number of rotatable bonds is 2. The lowest BCUT2D eigenvalue weighted by Crippen LogP contribution is -2.14. The number of hydrogen-bond acceptors (Lipinski definition) is 4. The maximum Gasteiger partial charge on any atom is 0.261 e. The minimum atomic E-state index is -0.288. The molecule has 2 aromatic rings. The molecule has 108 valence electrons. The van der Waals surface area contributed by atoms with Crippen molar-refractivity contribution < 1.29 is 14.4 Å². The van der Waals surface area contributed by atoms with Gasteiger partial charge in [0.25, 0.3) is 5.91 Å². The fraction of sp³-hybridized carbons (Fsp3) is 0.250. The van der Waals surface area contributed by atoms with Gasteiger partial charge in [-0.2, -0.15) is 0 Å². The number of carbonyl (C=O) groups is 1. The van der Waals surface area contributed by atoms with E-state index in [2.05, 4.69) is 22.3 Å². The topological polar surface area (TPSA) is 75.4 Å². The maximum atomic E-state index is 12.3. The lowest BCUT2D eigenvalue weighted by molar-refractivity contribution is 0.102. The second kappa shape index (κ2) is 6.25. The van der Waals surface area contributed by atoms with Crippen LogP contribution in [0.5, 0.6) is 0 Å². The summed E-state index contributed by atoms with van der Waals surface area (Å²) < 4.78 is 5.00. The van der Waals surface area contributed by atoms with E-state index in [0.717, 1.165) is 5.56 Å². The minimum Gasteiger partial charge on any atom is -0.384 e. The predicted octanol–water partition coefficient (Wildman–Crippen LogP) is 2.20. The van der Waals surface area contributed by atoms with Crippen molar-refractivity contribution in [1.82, 2.24) is 5.16 Å². The van der Waals surface area contributed by atoms with Gasteiger partial charge in [-0.25, -0.2) is 0 Å². The number of hydrogen-bond donors (Lipinski definition) is 2. The fourth-order valence-corrected chi connectivity index (χ4v) is 2.00. The van der Waals surface area contributed by atoms with Gasteiger partial charge in [0.1, 0.15) is 17.9 Å². The number of nitrogens with zero attached hydrogens (tertiary/aromatic N) is 1. The summed E-state index contributed by atoms with van der Waals surface area (Å²) in [5.74, 6) is 5.58. The van der Waals surface area contributed by atoms with Crippen molar-refractivity contribution in [2.45, 2.75) is 20.8 Å². The molecule has 21 heavy (non-hydrogen) atoms. The standard InChI is InChI=1S/C16H16N2O3/c1-10-6-7-13(5-4-8-19)14(9-10)17-16(20)15-11(2)18-21-12(15)3/h6-7,9,19H,8H2,1-3H3,(H,17,20). The molecule has 0 aliphatic rings. The third kappa shape index (κ3) is 3.30. The van der Waals surface area contributed by atoms with Gasteiger partial charge in [-0.05, 0) is 38.5 Å². The summed E-state index contributed by atoms with van der Waals surface area (Å²) >= 11 is 0. The van der Waals surface area contributed by atoms with Crippen LogP contribution in [0.25, 0.3) is 0 Å². The summed E-state index contributed by atoms with van der Waals surface area (Å²) in [6.07, 6.45) is 0. The molecule has 0 unspecified atom stereocenters. The number of aromatic nitrogens is 1. The van der Waals surface area contributed by atoms with Crippen molar-refractivity contribution in [3.63, 3.8) is 0 Å². The quantitative estimate of drug-likeness (QED) is 0.829. The van der Waals surface area contributed by atoms with Crippen LogP contribution >= 0.6 is 0 Å². The molecule has 2 rings (SSSR count). The van der Waals surface area contributed by atoms with Crippen LogP contribution in [0.3, 0.4) is 0 Å². The second-order valence-electron chi connectivity index (χ2n) is 4.66. The smallest absolute Gasteiger partial charge is 0.261 e. The van der Waals surface area contributed by atoms with E-state index in [1.165, 1.54) is 0 Å². The van der Waals surface area contributed by atoms with Gasteiger partial charge < -0.3 is 14.9 Å². The molecule has 5 nitrogen and oxygen atoms in total. The Balaban J connectivity index is 2.35. The Kier molecular flexibility index (Phi) is 4.41. The Morgan fingerprint density at radius 1 is 1.38 bits per heavy atom. The van der Waals surface area contributed by atoms with Crippen LogP contribution in [0.1, 0.15) is 32.9 Å². The Bertz CT molecular complexity index is 716. The fourth-order valence-electron chi connectivity index (χ4n) is 2.00. The lowest BCUT2D eigenvalue weighted by atomic mass is 10.1. The molecule has 0 radical (unpaired) electrons. The van der Waals surface area contributed by atoms with Crippen LogP contribution < -0.4 is 5.32 Å². The van der Waals surface area contributed by atoms with Crippen LogP contribution in [0.2, 0.25) is 0 Å². The second-order valence-corrected chi connectivity index (χ2v) is 4.66. The summed E-state index contributed by atoms with van der Waals surface area (Å²) in [5, 5.41) is 15.4. The summed E-state index contributed by atoms with van der Waals surface area (Å²) in [6.45, 7) is 5.10. The average Bonchev–Trinajstić information content (AvgIpc) is 2.77. The highest BCUT2D eigenvalue weighted by Gasteiger charge is 2.18. The van der Waals surface area contributed by atoms with Gasteiger partial charge in [0.05, 0.1) is 11.4 Å². The monoisotopic (exact) mass is 284 g/mol. The Morgan fingerprint density at radius 2 is 2.14 bits per heavy atom. The number of aliphatic hydroxyl groups is 1. The molecule has 0 atom stereocenters. The summed E-state index contributed by atoms with van der Waals surface area (Å²) in [6, 6.07) is 5.53. The van der Waals surface area contributed by atoms with E-state index in [9.17, 15) is 4.79 Å². The van der Waals surface area contributed by atoms with Gasteiger partial charge >= 0.3 is 0 Å². The van der Waals surface area contributed by atoms with Gasteiger partial charge in [-0.1, -0.05) is 23.1 Å². The molecule has 1 aromatic heterocycles. The first-order chi connectivity index (χ1) is 10.0. The Hall–Kier alpha value is -2.58. The third-order valence-electron chi connectivity index (χ3n) is 2.99. The van der Waals surface area contributed by atoms with Gasteiger partial charge in [0, 0.05) is 5.56 Å². The van der Waals surface area contributed by atoms with Crippen molar-refractivity contribution in [1.29, 1.82) is 0 Å². The van der Waals surface area contributed by atoms with E-state index in [0.29, 0.717) is 28.3 Å². The average molecular weight is 284 g/mol. The lowest BCUT2D eigenvalue weighted by Gasteiger charge is -2.08. The van der Waals surface area contributed by atoms with E-state index in [-0.39, 0.29) is 12.5 Å². The van der Waals surface area contributed by atoms with Crippen LogP contribution in [0.4, 0.5) is 5.69 Å². The zero-order valence-electron chi connectivity index (χ0n) is 12.2. The molecule has 0 spiro atoms. The molecule has 0 aliphatic heterocycles. The number of aliphatic hydroxyl groups excluding tert-OH is 1. The zero-order valence-corrected chi connectivity index (χ0v) is 12.2. The first-order valence-electron chi connectivity index (χ1n) is 6.47. The summed E-state index contributed by atoms with van der Waals surface area (Å²) in [4.78, 5) is 12.3. The van der Waals surface area contributed by atoms with E-state index < -0.39 is 0 Å². The minimum absolute atomic E-state index is 0.231. The molecule has 1 heterocycles. The molecule has 0 saturated heterocycles. The summed E-state index contributed by atoms with van der Waals surface area (Å²) in [7, 11) is 0. The molecule has 0 aliphatic carbocycles. The van der Waals surface area contributed by atoms with Crippen LogP contribution in [0, 0.1) is 32.6 Å². The van der Waals surface area contributed by atoms with Crippen LogP contribution in [0.15, 0.2) is 22.7 Å². The molecule has 0 bridgehead atoms. The number of carbonyl (C=O) groups excluding carboxylic acids is 1. The van der Waals surface area contributed by atoms with Crippen molar-refractivity contribution in [3.8, 4) is 11.8 Å². The zero-order chi connectivity index (χ0) is 15.4. The van der Waals surface area contributed by atoms with Crippen molar-refractivity contribution >= 4 is 11.6 Å². The molecule has 0 saturated carbocycles.